The van der Waals surface area contributed by atoms with Gasteiger partial charge >= 0.3 is 0 Å². The van der Waals surface area contributed by atoms with Crippen molar-refractivity contribution in [3.8, 4) is 22.5 Å². The largest absolute Gasteiger partial charge is 0.313 e. The maximum atomic E-state index is 2.45. The van der Waals surface area contributed by atoms with Crippen LogP contribution in [0.25, 0.3) is 80.8 Å². The summed E-state index contributed by atoms with van der Waals surface area (Å²) in [7, 11) is 0. The fourth-order valence-electron chi connectivity index (χ4n) is 8.53. The highest BCUT2D eigenvalue weighted by Crippen LogP contribution is 2.36. The third kappa shape index (κ3) is 6.20. The summed E-state index contributed by atoms with van der Waals surface area (Å²) >= 11 is 0. The van der Waals surface area contributed by atoms with Gasteiger partial charge in [-0.3, -0.25) is 0 Å². The van der Waals surface area contributed by atoms with E-state index >= 15 is 0 Å². The molecule has 1 unspecified atom stereocenters. The Morgan fingerprint density at radius 3 is 1.42 bits per heavy atom. The number of fused-ring (bicyclic) bond motifs is 6. The highest BCUT2D eigenvalue weighted by atomic mass is 15.0. The quantitative estimate of drug-likeness (QED) is 0.146. The van der Waals surface area contributed by atoms with Crippen LogP contribution in [0.3, 0.4) is 0 Å². The van der Waals surface area contributed by atoms with E-state index in [2.05, 4.69) is 210 Å². The lowest BCUT2D eigenvalue weighted by Gasteiger charge is -2.17. The van der Waals surface area contributed by atoms with Crippen LogP contribution in [0, 0.1) is 5.92 Å². The SMILES string of the molecule is CC1C=Cc2c(n(-c3ccc(/C=C/c4ccc(-c5ccc(/C=C/c6ccc(-n7c8c(c9ccccc97)C=CCC8)cc6)cc5)cc4)cc3)c3ccccc23)C1. The molecule has 55 heavy (non-hydrogen) atoms. The molecular weight excluding hydrogens is 665 g/mol. The Labute approximate surface area is 323 Å². The lowest BCUT2D eigenvalue weighted by molar-refractivity contribution is 0.690. The summed E-state index contributed by atoms with van der Waals surface area (Å²) in [5.41, 5.74) is 17.7. The van der Waals surface area contributed by atoms with Crippen molar-refractivity contribution in [2.24, 2.45) is 5.92 Å². The molecule has 0 N–H and O–H groups in total. The summed E-state index contributed by atoms with van der Waals surface area (Å²) in [6, 6.07) is 53.1. The summed E-state index contributed by atoms with van der Waals surface area (Å²) in [6.07, 6.45) is 21.3. The van der Waals surface area contributed by atoms with Crippen LogP contribution in [-0.2, 0) is 12.8 Å². The first-order valence-electron chi connectivity index (χ1n) is 19.5. The van der Waals surface area contributed by atoms with Gasteiger partial charge in [-0.2, -0.15) is 0 Å². The number of rotatable bonds is 7. The minimum absolute atomic E-state index is 0.544. The molecule has 2 aliphatic carbocycles. The van der Waals surface area contributed by atoms with Crippen LogP contribution in [0.1, 0.15) is 58.1 Å². The predicted octanol–water partition coefficient (Wildman–Crippen LogP) is 13.7. The van der Waals surface area contributed by atoms with Gasteiger partial charge in [-0.1, -0.05) is 165 Å². The van der Waals surface area contributed by atoms with Crippen molar-refractivity contribution in [2.45, 2.75) is 26.2 Å². The van der Waals surface area contributed by atoms with E-state index in [-0.39, 0.29) is 0 Å². The van der Waals surface area contributed by atoms with Gasteiger partial charge in [0.1, 0.15) is 0 Å². The molecule has 8 aromatic rings. The standard InChI is InChI=1S/C53H42N2/c1-37-14-35-49-48-10-4-7-13-52(48)55(53(49)36-37)45-33-25-41(26-34-45)18-16-39-21-29-43(30-22-39)42-27-19-38(20-28-42)15-17-40-23-31-44(32-24-40)54-50-11-5-2-8-46(50)47-9-3-6-12-51(47)54/h2-5,7-11,13-35,37H,6,12,36H2,1H3/b17-15+,18-16+. The van der Waals surface area contributed by atoms with Gasteiger partial charge in [0, 0.05) is 44.7 Å². The van der Waals surface area contributed by atoms with Gasteiger partial charge in [0.15, 0.2) is 0 Å². The molecule has 2 aromatic heterocycles. The second kappa shape index (κ2) is 14.0. The number of hydrogen-bond donors (Lipinski definition) is 0. The maximum Gasteiger partial charge on any atom is 0.0537 e. The van der Waals surface area contributed by atoms with E-state index in [0.29, 0.717) is 5.92 Å². The summed E-state index contributed by atoms with van der Waals surface area (Å²) in [5, 5.41) is 2.66. The fraction of sp³-hybridized carbons (Fsp3) is 0.0943. The Morgan fingerprint density at radius 1 is 0.473 bits per heavy atom. The van der Waals surface area contributed by atoms with E-state index in [0.717, 1.165) is 19.3 Å². The third-order valence-electron chi connectivity index (χ3n) is 11.4. The molecular formula is C53H42N2. The molecule has 2 heteroatoms. The number of aromatic nitrogens is 2. The van der Waals surface area contributed by atoms with Crippen molar-refractivity contribution in [3.63, 3.8) is 0 Å². The minimum atomic E-state index is 0.544. The lowest BCUT2D eigenvalue weighted by atomic mass is 9.95. The zero-order valence-electron chi connectivity index (χ0n) is 31.1. The zero-order chi connectivity index (χ0) is 36.7. The van der Waals surface area contributed by atoms with Crippen LogP contribution >= 0.6 is 0 Å². The van der Waals surface area contributed by atoms with Gasteiger partial charge in [-0.15, -0.1) is 0 Å². The molecule has 0 saturated carbocycles. The first-order valence-corrected chi connectivity index (χ1v) is 19.5. The van der Waals surface area contributed by atoms with Gasteiger partial charge in [-0.25, -0.2) is 0 Å². The topological polar surface area (TPSA) is 9.86 Å². The first-order chi connectivity index (χ1) is 27.2. The smallest absolute Gasteiger partial charge is 0.0537 e. The molecule has 0 aliphatic heterocycles. The van der Waals surface area contributed by atoms with Gasteiger partial charge in [-0.05, 0) is 95.0 Å². The van der Waals surface area contributed by atoms with Crippen LogP contribution in [-0.4, -0.2) is 9.13 Å². The average Bonchev–Trinajstić information content (AvgIpc) is 3.75. The molecule has 6 aromatic carbocycles. The van der Waals surface area contributed by atoms with Crippen LogP contribution < -0.4 is 0 Å². The summed E-state index contributed by atoms with van der Waals surface area (Å²) in [6.45, 7) is 2.30. The molecule has 0 spiro atoms. The molecule has 2 aliphatic rings. The number of allylic oxidation sites excluding steroid dienone is 2. The van der Waals surface area contributed by atoms with Crippen molar-refractivity contribution < 1.29 is 0 Å². The van der Waals surface area contributed by atoms with Crippen LogP contribution in [0.5, 0.6) is 0 Å². The highest BCUT2D eigenvalue weighted by Gasteiger charge is 2.21. The summed E-state index contributed by atoms with van der Waals surface area (Å²) < 4.78 is 4.89. The van der Waals surface area contributed by atoms with Crippen LogP contribution in [0.15, 0.2) is 158 Å². The second-order valence-corrected chi connectivity index (χ2v) is 15.0. The van der Waals surface area contributed by atoms with Crippen LogP contribution in [0.2, 0.25) is 0 Å². The minimum Gasteiger partial charge on any atom is -0.313 e. The molecule has 0 fully saturated rings. The van der Waals surface area contributed by atoms with E-state index in [1.54, 1.807) is 0 Å². The first kappa shape index (κ1) is 33.0. The summed E-state index contributed by atoms with van der Waals surface area (Å²) in [4.78, 5) is 0. The number of nitrogens with zero attached hydrogens (tertiary/aromatic N) is 2. The Bertz CT molecular complexity index is 2800. The highest BCUT2D eigenvalue weighted by molar-refractivity contribution is 5.94. The van der Waals surface area contributed by atoms with Crippen molar-refractivity contribution in [3.05, 3.63) is 203 Å². The molecule has 0 radical (unpaired) electrons. The molecule has 2 nitrogen and oxygen atoms in total. The van der Waals surface area contributed by atoms with E-state index < -0.39 is 0 Å². The summed E-state index contributed by atoms with van der Waals surface area (Å²) in [5.74, 6) is 0.544. The third-order valence-corrected chi connectivity index (χ3v) is 11.4. The number of benzene rings is 6. The molecule has 2 heterocycles. The zero-order valence-corrected chi connectivity index (χ0v) is 31.1. The number of para-hydroxylation sites is 2. The molecule has 10 rings (SSSR count). The van der Waals surface area contributed by atoms with Crippen molar-refractivity contribution >= 4 is 58.3 Å². The van der Waals surface area contributed by atoms with Gasteiger partial charge in [0.05, 0.1) is 11.0 Å². The van der Waals surface area contributed by atoms with Crippen LogP contribution in [0.4, 0.5) is 0 Å². The second-order valence-electron chi connectivity index (χ2n) is 15.0. The lowest BCUT2D eigenvalue weighted by Crippen LogP contribution is -2.08. The van der Waals surface area contributed by atoms with Crippen molar-refractivity contribution in [1.82, 2.24) is 9.13 Å². The molecule has 0 amide bonds. The van der Waals surface area contributed by atoms with Crippen molar-refractivity contribution in [1.29, 1.82) is 0 Å². The maximum absolute atomic E-state index is 2.45. The Kier molecular flexibility index (Phi) is 8.37. The Balaban J connectivity index is 0.801. The molecule has 1 atom stereocenters. The monoisotopic (exact) mass is 706 g/mol. The van der Waals surface area contributed by atoms with Gasteiger partial charge in [0.25, 0.3) is 0 Å². The van der Waals surface area contributed by atoms with E-state index in [1.807, 2.05) is 0 Å². The Morgan fingerprint density at radius 2 is 0.909 bits per heavy atom. The van der Waals surface area contributed by atoms with Gasteiger partial charge in [0.2, 0.25) is 0 Å². The van der Waals surface area contributed by atoms with E-state index in [9.17, 15) is 0 Å². The number of hydrogen-bond acceptors (Lipinski definition) is 0. The average molecular weight is 707 g/mol. The molecule has 0 saturated heterocycles. The fourth-order valence-corrected chi connectivity index (χ4v) is 8.53. The van der Waals surface area contributed by atoms with E-state index in [1.165, 1.54) is 89.1 Å². The van der Waals surface area contributed by atoms with Crippen molar-refractivity contribution in [2.75, 3.05) is 0 Å². The van der Waals surface area contributed by atoms with E-state index in [4.69, 9.17) is 0 Å². The predicted molar refractivity (Wildman–Crippen MR) is 236 cm³/mol. The normalized spacial score (nSPS) is 15.0. The Hall–Kier alpha value is -6.64. The molecule has 0 bridgehead atoms. The van der Waals surface area contributed by atoms with Gasteiger partial charge < -0.3 is 9.13 Å². The molecule has 264 valence electrons.